The van der Waals surface area contributed by atoms with Crippen molar-refractivity contribution in [3.63, 3.8) is 0 Å². The van der Waals surface area contributed by atoms with Gasteiger partial charge in [-0.05, 0) is 32.2 Å². The number of amides is 1. The molecule has 1 aliphatic heterocycles. The second-order valence-electron chi connectivity index (χ2n) is 5.81. The van der Waals surface area contributed by atoms with E-state index >= 15 is 0 Å². The van der Waals surface area contributed by atoms with Gasteiger partial charge in [-0.3, -0.25) is 4.79 Å². The third-order valence-corrected chi connectivity index (χ3v) is 4.08. The van der Waals surface area contributed by atoms with Gasteiger partial charge in [-0.1, -0.05) is 11.8 Å². The molecular weight excluding hydrogens is 286 g/mol. The van der Waals surface area contributed by atoms with E-state index < -0.39 is 0 Å². The smallest absolute Gasteiger partial charge is 0.265 e. The van der Waals surface area contributed by atoms with E-state index in [-0.39, 0.29) is 24.2 Å². The topological polar surface area (TPSA) is 49.8 Å². The van der Waals surface area contributed by atoms with Crippen LogP contribution in [0, 0.1) is 11.8 Å². The molecule has 0 radical (unpaired) electrons. The summed E-state index contributed by atoms with van der Waals surface area (Å²) in [6, 6.07) is 1.86. The van der Waals surface area contributed by atoms with Crippen LogP contribution in [0.3, 0.4) is 0 Å². The molecule has 21 heavy (non-hydrogen) atoms. The van der Waals surface area contributed by atoms with E-state index in [1.165, 1.54) is 11.3 Å². The number of thiophene rings is 1. The molecule has 5 heteroatoms. The van der Waals surface area contributed by atoms with Crippen LogP contribution < -0.4 is 0 Å². The number of hydrogen-bond donors (Lipinski definition) is 1. The highest BCUT2D eigenvalue weighted by molar-refractivity contribution is 7.12. The van der Waals surface area contributed by atoms with Crippen molar-refractivity contribution in [2.75, 3.05) is 19.7 Å². The van der Waals surface area contributed by atoms with Crippen LogP contribution in [0.2, 0.25) is 0 Å². The van der Waals surface area contributed by atoms with Gasteiger partial charge in [0.2, 0.25) is 0 Å². The van der Waals surface area contributed by atoms with Gasteiger partial charge in [0, 0.05) is 25.1 Å². The molecular formula is C16H21NO3S. The highest BCUT2D eigenvalue weighted by Gasteiger charge is 2.34. The van der Waals surface area contributed by atoms with Gasteiger partial charge in [0.15, 0.2) is 0 Å². The van der Waals surface area contributed by atoms with Crippen LogP contribution in [-0.2, 0) is 4.74 Å². The fourth-order valence-electron chi connectivity index (χ4n) is 2.54. The minimum absolute atomic E-state index is 0.0153. The largest absolute Gasteiger partial charge is 0.395 e. The number of rotatable bonds is 2. The summed E-state index contributed by atoms with van der Waals surface area (Å²) in [6.45, 7) is 7.20. The normalized spacial score (nSPS) is 20.8. The van der Waals surface area contributed by atoms with Crippen LogP contribution in [0.15, 0.2) is 11.4 Å². The Morgan fingerprint density at radius 3 is 3.05 bits per heavy atom. The minimum atomic E-state index is -0.326. The third kappa shape index (κ3) is 4.07. The number of aliphatic hydroxyl groups is 1. The van der Waals surface area contributed by atoms with Crippen molar-refractivity contribution in [3.8, 4) is 11.8 Å². The molecule has 1 atom stereocenters. The zero-order valence-corrected chi connectivity index (χ0v) is 13.5. The summed E-state index contributed by atoms with van der Waals surface area (Å²) in [5.41, 5.74) is 0.420. The van der Waals surface area contributed by atoms with Gasteiger partial charge < -0.3 is 14.7 Å². The molecule has 1 fully saturated rings. The first kappa shape index (κ1) is 16.0. The molecule has 0 saturated carbocycles. The van der Waals surface area contributed by atoms with Crippen LogP contribution in [0.1, 0.15) is 42.4 Å². The van der Waals surface area contributed by atoms with Crippen LogP contribution in [0.25, 0.3) is 0 Å². The van der Waals surface area contributed by atoms with Crippen LogP contribution in [0.5, 0.6) is 0 Å². The third-order valence-electron chi connectivity index (χ3n) is 3.18. The molecule has 1 unspecified atom stereocenters. The summed E-state index contributed by atoms with van der Waals surface area (Å²) >= 11 is 1.41. The van der Waals surface area contributed by atoms with E-state index in [1.807, 2.05) is 37.1 Å². The van der Waals surface area contributed by atoms with Crippen molar-refractivity contribution in [1.29, 1.82) is 0 Å². The molecule has 1 N–H and O–H groups in total. The fraction of sp³-hybridized carbons (Fsp3) is 0.562. The zero-order chi connectivity index (χ0) is 15.5. The molecule has 114 valence electrons. The molecule has 0 bridgehead atoms. The maximum atomic E-state index is 12.7. The van der Waals surface area contributed by atoms with Gasteiger partial charge in [0.1, 0.15) is 4.88 Å². The zero-order valence-electron chi connectivity index (χ0n) is 12.7. The van der Waals surface area contributed by atoms with Gasteiger partial charge in [-0.25, -0.2) is 0 Å². The standard InChI is InChI=1S/C16H21NO3S/c1-12-10-17(11-16(2,3)20-12)15(19)14-13(7-9-21-14)6-4-5-8-18/h7,9,12,18H,5,8,10-11H2,1-3H3. The number of ether oxygens (including phenoxy) is 1. The lowest BCUT2D eigenvalue weighted by molar-refractivity contribution is -0.118. The molecule has 4 nitrogen and oxygen atoms in total. The monoisotopic (exact) mass is 307 g/mol. The average molecular weight is 307 g/mol. The predicted octanol–water partition coefficient (Wildman–Crippen LogP) is 2.12. The highest BCUT2D eigenvalue weighted by Crippen LogP contribution is 2.25. The first-order valence-electron chi connectivity index (χ1n) is 7.07. The average Bonchev–Trinajstić information content (AvgIpc) is 2.84. The van der Waals surface area contributed by atoms with Crippen LogP contribution in [0.4, 0.5) is 0 Å². The second-order valence-corrected chi connectivity index (χ2v) is 6.73. The Hall–Kier alpha value is -1.35. The van der Waals surface area contributed by atoms with E-state index in [0.29, 0.717) is 24.4 Å². The summed E-state index contributed by atoms with van der Waals surface area (Å²) < 4.78 is 5.83. The first-order chi connectivity index (χ1) is 9.93. The summed E-state index contributed by atoms with van der Waals surface area (Å²) in [7, 11) is 0. The number of aliphatic hydroxyl groups excluding tert-OH is 1. The molecule has 1 aromatic heterocycles. The number of carbonyl (C=O) groups is 1. The maximum Gasteiger partial charge on any atom is 0.265 e. The summed E-state index contributed by atoms with van der Waals surface area (Å²) in [5, 5.41) is 10.7. The van der Waals surface area contributed by atoms with Gasteiger partial charge in [0.05, 0.1) is 18.3 Å². The van der Waals surface area contributed by atoms with E-state index in [9.17, 15) is 4.79 Å². The van der Waals surface area contributed by atoms with Crippen molar-refractivity contribution >= 4 is 17.2 Å². The summed E-state index contributed by atoms with van der Waals surface area (Å²) in [4.78, 5) is 15.2. The molecule has 0 aromatic carbocycles. The molecule has 1 aliphatic rings. The van der Waals surface area contributed by atoms with Crippen molar-refractivity contribution in [1.82, 2.24) is 4.90 Å². The molecule has 1 amide bonds. The van der Waals surface area contributed by atoms with Crippen molar-refractivity contribution in [3.05, 3.63) is 21.9 Å². The van der Waals surface area contributed by atoms with Gasteiger partial charge in [0.25, 0.3) is 5.91 Å². The lowest BCUT2D eigenvalue weighted by Crippen LogP contribution is -2.53. The van der Waals surface area contributed by atoms with Gasteiger partial charge >= 0.3 is 0 Å². The van der Waals surface area contributed by atoms with E-state index in [0.717, 1.165) is 5.56 Å². The number of hydrogen-bond acceptors (Lipinski definition) is 4. The summed E-state index contributed by atoms with van der Waals surface area (Å²) in [5.74, 6) is 5.86. The fourth-order valence-corrected chi connectivity index (χ4v) is 3.36. The Morgan fingerprint density at radius 1 is 1.62 bits per heavy atom. The van der Waals surface area contributed by atoms with Gasteiger partial charge in [-0.2, -0.15) is 0 Å². The Bertz CT molecular complexity index is 568. The van der Waals surface area contributed by atoms with Crippen LogP contribution in [-0.4, -0.2) is 47.3 Å². The molecule has 1 saturated heterocycles. The SMILES string of the molecule is CC1CN(C(=O)c2sccc2C#CCCO)CC(C)(C)O1. The molecule has 2 heterocycles. The summed E-state index contributed by atoms with van der Waals surface area (Å²) in [6.07, 6.45) is 0.451. The maximum absolute atomic E-state index is 12.7. The molecule has 0 spiro atoms. The lowest BCUT2D eigenvalue weighted by Gasteiger charge is -2.41. The van der Waals surface area contributed by atoms with Gasteiger partial charge in [-0.15, -0.1) is 11.3 Å². The number of morpholine rings is 1. The van der Waals surface area contributed by atoms with E-state index in [4.69, 9.17) is 9.84 Å². The Labute approximate surface area is 129 Å². The Morgan fingerprint density at radius 2 is 2.38 bits per heavy atom. The van der Waals surface area contributed by atoms with Crippen molar-refractivity contribution in [2.45, 2.75) is 38.9 Å². The quantitative estimate of drug-likeness (QED) is 0.852. The Balaban J connectivity index is 2.17. The predicted molar refractivity (Wildman–Crippen MR) is 83.4 cm³/mol. The second kappa shape index (κ2) is 6.61. The highest BCUT2D eigenvalue weighted by atomic mass is 32.1. The van der Waals surface area contributed by atoms with Crippen molar-refractivity contribution in [2.24, 2.45) is 0 Å². The minimum Gasteiger partial charge on any atom is -0.395 e. The molecule has 0 aliphatic carbocycles. The van der Waals surface area contributed by atoms with Crippen molar-refractivity contribution < 1.29 is 14.6 Å². The lowest BCUT2D eigenvalue weighted by atomic mass is 10.0. The van der Waals surface area contributed by atoms with E-state index in [2.05, 4.69) is 11.8 Å². The molecule has 1 aromatic rings. The number of nitrogens with zero attached hydrogens (tertiary/aromatic N) is 1. The van der Waals surface area contributed by atoms with E-state index in [1.54, 1.807) is 0 Å². The first-order valence-corrected chi connectivity index (χ1v) is 7.95. The number of carbonyl (C=O) groups excluding carboxylic acids is 1. The van der Waals surface area contributed by atoms with Crippen LogP contribution >= 0.6 is 11.3 Å². The molecule has 2 rings (SSSR count). The Kier molecular flexibility index (Phi) is 5.04.